The van der Waals surface area contributed by atoms with Gasteiger partial charge in [0.1, 0.15) is 5.75 Å². The third-order valence-corrected chi connectivity index (χ3v) is 6.13. The summed E-state index contributed by atoms with van der Waals surface area (Å²) in [7, 11) is 0. The summed E-state index contributed by atoms with van der Waals surface area (Å²) < 4.78 is 1.57. The molecule has 0 aliphatic heterocycles. The molecule has 4 rings (SSSR count). The summed E-state index contributed by atoms with van der Waals surface area (Å²) in [5.74, 6) is 1.07. The van der Waals surface area contributed by atoms with Crippen LogP contribution in [0.3, 0.4) is 0 Å². The van der Waals surface area contributed by atoms with E-state index < -0.39 is 0 Å². The fraction of sp³-hybridized carbons (Fsp3) is 0.154. The lowest BCUT2D eigenvalue weighted by atomic mass is 9.88. The van der Waals surface area contributed by atoms with Gasteiger partial charge in [-0.1, -0.05) is 66.7 Å². The Morgan fingerprint density at radius 2 is 1.52 bits per heavy atom. The Labute approximate surface area is 186 Å². The van der Waals surface area contributed by atoms with Crippen molar-refractivity contribution in [3.63, 3.8) is 0 Å². The molecule has 0 atom stereocenters. The first-order chi connectivity index (χ1) is 15.2. The zero-order valence-corrected chi connectivity index (χ0v) is 17.9. The van der Waals surface area contributed by atoms with E-state index in [1.54, 1.807) is 34.6 Å². The number of rotatable bonds is 8. The molecule has 0 amide bonds. The Hall–Kier alpha value is -3.31. The predicted molar refractivity (Wildman–Crippen MR) is 126 cm³/mol. The van der Waals surface area contributed by atoms with Crippen LogP contribution in [0.15, 0.2) is 107 Å². The van der Waals surface area contributed by atoms with Gasteiger partial charge in [0.25, 0.3) is 5.56 Å². The molecule has 0 bridgehead atoms. The van der Waals surface area contributed by atoms with Gasteiger partial charge in [-0.25, -0.2) is 4.68 Å². The van der Waals surface area contributed by atoms with E-state index >= 15 is 0 Å². The average molecular weight is 429 g/mol. The minimum Gasteiger partial charge on any atom is -0.508 e. The highest BCUT2D eigenvalue weighted by Crippen LogP contribution is 2.30. The van der Waals surface area contributed by atoms with E-state index in [0.717, 1.165) is 33.9 Å². The number of aromatic nitrogens is 2. The Morgan fingerprint density at radius 1 is 0.839 bits per heavy atom. The molecule has 0 aliphatic rings. The lowest BCUT2D eigenvalue weighted by Gasteiger charge is -2.18. The monoisotopic (exact) mass is 428 g/mol. The average Bonchev–Trinajstić information content (AvgIpc) is 2.80. The number of hydrogen-bond donors (Lipinski definition) is 1. The van der Waals surface area contributed by atoms with E-state index in [-0.39, 0.29) is 17.2 Å². The first-order valence-electron chi connectivity index (χ1n) is 10.3. The van der Waals surface area contributed by atoms with Crippen LogP contribution in [0.25, 0.3) is 0 Å². The Morgan fingerprint density at radius 3 is 2.16 bits per heavy atom. The van der Waals surface area contributed by atoms with Crippen molar-refractivity contribution < 1.29 is 5.11 Å². The molecule has 0 radical (unpaired) electrons. The molecular formula is C26H24N2O2S. The maximum absolute atomic E-state index is 12.4. The molecule has 0 spiro atoms. The van der Waals surface area contributed by atoms with Crippen LogP contribution in [0.4, 0.5) is 0 Å². The van der Waals surface area contributed by atoms with E-state index in [9.17, 15) is 9.90 Å². The highest BCUT2D eigenvalue weighted by atomic mass is 32.2. The molecule has 0 unspecified atom stereocenters. The molecule has 4 nitrogen and oxygen atoms in total. The maximum atomic E-state index is 12.4. The van der Waals surface area contributed by atoms with Crippen molar-refractivity contribution in [2.75, 3.05) is 5.75 Å². The van der Waals surface area contributed by atoms with Crippen LogP contribution in [0.1, 0.15) is 29.2 Å². The fourth-order valence-corrected chi connectivity index (χ4v) is 4.47. The van der Waals surface area contributed by atoms with Crippen molar-refractivity contribution in [1.29, 1.82) is 0 Å². The molecule has 0 fully saturated rings. The number of nitrogens with zero attached hydrogens (tertiary/aromatic N) is 2. The molecule has 1 N–H and O–H groups in total. The smallest absolute Gasteiger partial charge is 0.266 e. The second-order valence-electron chi connectivity index (χ2n) is 7.27. The molecular weight excluding hydrogens is 404 g/mol. The number of benzene rings is 3. The highest BCUT2D eigenvalue weighted by molar-refractivity contribution is 7.99. The molecule has 156 valence electrons. The van der Waals surface area contributed by atoms with Crippen molar-refractivity contribution in [3.05, 3.63) is 124 Å². The Kier molecular flexibility index (Phi) is 6.85. The number of phenolic OH excluding ortho intramolecular Hbond substituents is 1. The Balaban J connectivity index is 1.53. The number of aryl methyl sites for hydroxylation is 1. The van der Waals surface area contributed by atoms with E-state index in [1.807, 2.05) is 54.6 Å². The van der Waals surface area contributed by atoms with Crippen LogP contribution >= 0.6 is 11.8 Å². The van der Waals surface area contributed by atoms with Gasteiger partial charge in [-0.2, -0.15) is 5.10 Å². The molecule has 31 heavy (non-hydrogen) atoms. The van der Waals surface area contributed by atoms with Gasteiger partial charge in [-0.05, 0) is 47.6 Å². The second kappa shape index (κ2) is 10.1. The van der Waals surface area contributed by atoms with Gasteiger partial charge in [0.2, 0.25) is 0 Å². The van der Waals surface area contributed by atoms with Crippen molar-refractivity contribution in [2.24, 2.45) is 0 Å². The predicted octanol–water partition coefficient (Wildman–Crippen LogP) is 5.31. The molecule has 1 aromatic heterocycles. The van der Waals surface area contributed by atoms with Crippen LogP contribution in [0.5, 0.6) is 5.75 Å². The quantitative estimate of drug-likeness (QED) is 0.305. The molecule has 0 aliphatic carbocycles. The van der Waals surface area contributed by atoms with Crippen LogP contribution < -0.4 is 5.56 Å². The number of hydrogen-bond acceptors (Lipinski definition) is 4. The summed E-state index contributed by atoms with van der Waals surface area (Å²) >= 11 is 1.66. The van der Waals surface area contributed by atoms with Crippen LogP contribution in [0, 0.1) is 0 Å². The summed E-state index contributed by atoms with van der Waals surface area (Å²) in [4.78, 5) is 13.5. The SMILES string of the molecule is O=c1ccc(C(c2ccccc2)c2ccccc2)nn1CCCSc1cccc(O)c1. The van der Waals surface area contributed by atoms with Crippen molar-refractivity contribution in [1.82, 2.24) is 9.78 Å². The fourth-order valence-electron chi connectivity index (χ4n) is 3.58. The van der Waals surface area contributed by atoms with Gasteiger partial charge < -0.3 is 5.11 Å². The number of phenols is 1. The van der Waals surface area contributed by atoms with Crippen molar-refractivity contribution in [3.8, 4) is 5.75 Å². The number of aromatic hydroxyl groups is 1. The molecule has 1 heterocycles. The summed E-state index contributed by atoms with van der Waals surface area (Å²) in [6.07, 6.45) is 0.804. The molecule has 3 aromatic carbocycles. The first kappa shape index (κ1) is 20.9. The largest absolute Gasteiger partial charge is 0.508 e. The summed E-state index contributed by atoms with van der Waals surface area (Å²) in [5.41, 5.74) is 3.06. The minimum atomic E-state index is -0.0917. The highest BCUT2D eigenvalue weighted by Gasteiger charge is 2.18. The van der Waals surface area contributed by atoms with E-state index in [1.165, 1.54) is 0 Å². The van der Waals surface area contributed by atoms with Gasteiger partial charge >= 0.3 is 0 Å². The van der Waals surface area contributed by atoms with Crippen LogP contribution in [-0.2, 0) is 6.54 Å². The normalized spacial score (nSPS) is 11.0. The second-order valence-corrected chi connectivity index (χ2v) is 8.44. The van der Waals surface area contributed by atoms with Gasteiger partial charge in [-0.3, -0.25) is 4.79 Å². The van der Waals surface area contributed by atoms with Gasteiger partial charge in [-0.15, -0.1) is 11.8 Å². The standard InChI is InChI=1S/C26H24N2O2S/c29-22-13-7-14-23(19-22)31-18-8-17-28-25(30)16-15-24(27-28)26(20-9-3-1-4-10-20)21-11-5-2-6-12-21/h1-7,9-16,19,26,29H,8,17-18H2. The molecule has 0 saturated heterocycles. The maximum Gasteiger partial charge on any atom is 0.266 e. The number of thioether (sulfide) groups is 1. The first-order valence-corrected chi connectivity index (χ1v) is 11.3. The molecule has 5 heteroatoms. The zero-order chi connectivity index (χ0) is 21.5. The van der Waals surface area contributed by atoms with Crippen molar-refractivity contribution in [2.45, 2.75) is 23.8 Å². The minimum absolute atomic E-state index is 0.0316. The third kappa shape index (κ3) is 5.44. The topological polar surface area (TPSA) is 55.1 Å². The lowest BCUT2D eigenvalue weighted by Crippen LogP contribution is -2.24. The summed E-state index contributed by atoms with van der Waals surface area (Å²) in [5, 5.41) is 14.3. The van der Waals surface area contributed by atoms with E-state index in [0.29, 0.717) is 6.54 Å². The van der Waals surface area contributed by atoms with Gasteiger partial charge in [0.05, 0.1) is 11.6 Å². The van der Waals surface area contributed by atoms with Crippen molar-refractivity contribution >= 4 is 11.8 Å². The van der Waals surface area contributed by atoms with Gasteiger partial charge in [0.15, 0.2) is 0 Å². The van der Waals surface area contributed by atoms with Crippen LogP contribution in [-0.4, -0.2) is 20.6 Å². The zero-order valence-electron chi connectivity index (χ0n) is 17.1. The molecule has 4 aromatic rings. The Bertz CT molecular complexity index is 1140. The summed E-state index contributed by atoms with van der Waals surface area (Å²) in [6, 6.07) is 31.2. The van der Waals surface area contributed by atoms with Gasteiger partial charge in [0, 0.05) is 17.5 Å². The third-order valence-electron chi connectivity index (χ3n) is 5.05. The lowest BCUT2D eigenvalue weighted by molar-refractivity contribution is 0.474. The van der Waals surface area contributed by atoms with Crippen LogP contribution in [0.2, 0.25) is 0 Å². The van der Waals surface area contributed by atoms with E-state index in [2.05, 4.69) is 24.3 Å². The molecule has 0 saturated carbocycles. The van der Waals surface area contributed by atoms with E-state index in [4.69, 9.17) is 5.10 Å². The summed E-state index contributed by atoms with van der Waals surface area (Å²) in [6.45, 7) is 0.550.